The van der Waals surface area contributed by atoms with Gasteiger partial charge in [-0.25, -0.2) is 0 Å². The number of hydrogen-bond acceptors (Lipinski definition) is 4. The molecule has 0 saturated heterocycles. The Bertz CT molecular complexity index is 503. The minimum absolute atomic E-state index is 0.0803. The molecule has 1 aromatic rings. The zero-order chi connectivity index (χ0) is 15.1. The summed E-state index contributed by atoms with van der Waals surface area (Å²) in [4.78, 5) is 23.2. The van der Waals surface area contributed by atoms with Gasteiger partial charge in [0.25, 0.3) is 0 Å². The lowest BCUT2D eigenvalue weighted by Crippen LogP contribution is -2.32. The molecule has 1 aliphatic carbocycles. The molecule has 1 aromatic heterocycles. The number of amides is 1. The van der Waals surface area contributed by atoms with Crippen molar-refractivity contribution in [2.75, 3.05) is 13.2 Å². The van der Waals surface area contributed by atoms with E-state index in [-0.39, 0.29) is 17.3 Å². The van der Waals surface area contributed by atoms with E-state index in [4.69, 9.17) is 4.74 Å². The number of nitrogens with one attached hydrogen (secondary N) is 1. The molecule has 0 bridgehead atoms. The fourth-order valence-corrected chi connectivity index (χ4v) is 3.31. The molecule has 1 N–H and O–H groups in total. The standard InChI is InChI=1S/C15H24N2O3S/c1-12-11-21-15(19)17(12)10-14(18)16-8-5-9-20-13-6-3-2-4-7-13/h11,13H,2-10H2,1H3,(H,16,18). The van der Waals surface area contributed by atoms with Crippen molar-refractivity contribution < 1.29 is 9.53 Å². The van der Waals surface area contributed by atoms with E-state index in [0.717, 1.165) is 23.5 Å². The monoisotopic (exact) mass is 312 g/mol. The van der Waals surface area contributed by atoms with Crippen molar-refractivity contribution >= 4 is 17.2 Å². The topological polar surface area (TPSA) is 60.3 Å². The molecule has 0 radical (unpaired) electrons. The molecule has 0 aliphatic heterocycles. The molecule has 1 fully saturated rings. The van der Waals surface area contributed by atoms with Crippen molar-refractivity contribution in [2.24, 2.45) is 0 Å². The number of carbonyl (C=O) groups excluding carboxylic acids is 1. The van der Waals surface area contributed by atoms with E-state index in [1.54, 1.807) is 5.38 Å². The van der Waals surface area contributed by atoms with Crippen LogP contribution in [0.15, 0.2) is 10.2 Å². The Morgan fingerprint density at radius 1 is 1.43 bits per heavy atom. The summed E-state index contributed by atoms with van der Waals surface area (Å²) in [5, 5.41) is 4.61. The zero-order valence-electron chi connectivity index (χ0n) is 12.6. The summed E-state index contributed by atoms with van der Waals surface area (Å²) in [5.41, 5.74) is 0.834. The van der Waals surface area contributed by atoms with Crippen LogP contribution >= 0.6 is 11.3 Å². The van der Waals surface area contributed by atoms with Gasteiger partial charge in [-0.2, -0.15) is 0 Å². The fourth-order valence-electron chi connectivity index (χ4n) is 2.58. The summed E-state index contributed by atoms with van der Waals surface area (Å²) in [6.45, 7) is 3.24. The molecule has 0 aromatic carbocycles. The highest BCUT2D eigenvalue weighted by Crippen LogP contribution is 2.20. The lowest BCUT2D eigenvalue weighted by atomic mass is 9.98. The van der Waals surface area contributed by atoms with Gasteiger partial charge in [-0.15, -0.1) is 0 Å². The SMILES string of the molecule is Cc1csc(=O)n1CC(=O)NCCCOC1CCCCC1. The highest BCUT2D eigenvalue weighted by Gasteiger charge is 2.13. The van der Waals surface area contributed by atoms with E-state index in [2.05, 4.69) is 5.32 Å². The predicted octanol–water partition coefficient (Wildman–Crippen LogP) is 2.07. The number of ether oxygens (including phenoxy) is 1. The third-order valence-corrected chi connectivity index (χ3v) is 4.71. The van der Waals surface area contributed by atoms with Crippen LogP contribution in [-0.4, -0.2) is 29.7 Å². The molecule has 1 saturated carbocycles. The number of hydrogen-bond donors (Lipinski definition) is 1. The van der Waals surface area contributed by atoms with Crippen LogP contribution in [0.4, 0.5) is 0 Å². The van der Waals surface area contributed by atoms with E-state index in [1.807, 2.05) is 6.92 Å². The molecule has 1 heterocycles. The van der Waals surface area contributed by atoms with Gasteiger partial charge in [0.05, 0.1) is 6.10 Å². The smallest absolute Gasteiger partial charge is 0.307 e. The van der Waals surface area contributed by atoms with Crippen LogP contribution in [0.25, 0.3) is 0 Å². The number of aromatic nitrogens is 1. The van der Waals surface area contributed by atoms with E-state index in [9.17, 15) is 9.59 Å². The van der Waals surface area contributed by atoms with Crippen LogP contribution in [-0.2, 0) is 16.1 Å². The Morgan fingerprint density at radius 3 is 2.86 bits per heavy atom. The number of carbonyl (C=O) groups is 1. The normalized spacial score (nSPS) is 16.0. The first-order valence-corrected chi connectivity index (χ1v) is 8.58. The van der Waals surface area contributed by atoms with Crippen LogP contribution in [0.5, 0.6) is 0 Å². The quantitative estimate of drug-likeness (QED) is 0.784. The van der Waals surface area contributed by atoms with E-state index >= 15 is 0 Å². The lowest BCUT2D eigenvalue weighted by molar-refractivity contribution is -0.121. The molecule has 2 rings (SSSR count). The van der Waals surface area contributed by atoms with E-state index < -0.39 is 0 Å². The first-order valence-electron chi connectivity index (χ1n) is 7.70. The molecule has 1 aliphatic rings. The van der Waals surface area contributed by atoms with E-state index in [1.165, 1.54) is 36.7 Å². The lowest BCUT2D eigenvalue weighted by Gasteiger charge is -2.21. The Balaban J connectivity index is 1.58. The second-order valence-electron chi connectivity index (χ2n) is 5.56. The van der Waals surface area contributed by atoms with Crippen molar-refractivity contribution in [1.82, 2.24) is 9.88 Å². The van der Waals surface area contributed by atoms with Gasteiger partial charge in [0.1, 0.15) is 6.54 Å². The van der Waals surface area contributed by atoms with Crippen LogP contribution < -0.4 is 10.2 Å². The fraction of sp³-hybridized carbons (Fsp3) is 0.733. The van der Waals surface area contributed by atoms with Crippen LogP contribution in [0, 0.1) is 6.92 Å². The maximum absolute atomic E-state index is 11.8. The van der Waals surface area contributed by atoms with Gasteiger partial charge in [0.15, 0.2) is 0 Å². The average Bonchev–Trinajstić information content (AvgIpc) is 2.80. The molecule has 5 nitrogen and oxygen atoms in total. The number of rotatable bonds is 7. The highest BCUT2D eigenvalue weighted by atomic mass is 32.1. The highest BCUT2D eigenvalue weighted by molar-refractivity contribution is 7.07. The number of nitrogens with zero attached hydrogens (tertiary/aromatic N) is 1. The number of thiazole rings is 1. The molecular weight excluding hydrogens is 288 g/mol. The molecule has 21 heavy (non-hydrogen) atoms. The minimum atomic E-state index is -0.115. The largest absolute Gasteiger partial charge is 0.378 e. The van der Waals surface area contributed by atoms with Crippen molar-refractivity contribution in [3.63, 3.8) is 0 Å². The first kappa shape index (κ1) is 16.2. The van der Waals surface area contributed by atoms with Gasteiger partial charge >= 0.3 is 4.87 Å². The molecule has 0 atom stereocenters. The minimum Gasteiger partial charge on any atom is -0.378 e. The zero-order valence-corrected chi connectivity index (χ0v) is 13.4. The van der Waals surface area contributed by atoms with Gasteiger partial charge < -0.3 is 10.1 Å². The average molecular weight is 312 g/mol. The van der Waals surface area contributed by atoms with Crippen LogP contribution in [0.2, 0.25) is 0 Å². The Labute approximate surface area is 129 Å². The molecular formula is C15H24N2O3S. The summed E-state index contributed by atoms with van der Waals surface area (Å²) in [7, 11) is 0. The van der Waals surface area contributed by atoms with Gasteiger partial charge in [-0.3, -0.25) is 14.2 Å². The number of aryl methyl sites for hydroxylation is 1. The third-order valence-electron chi connectivity index (χ3n) is 3.83. The summed E-state index contributed by atoms with van der Waals surface area (Å²) < 4.78 is 7.30. The molecule has 118 valence electrons. The Kier molecular flexibility index (Phi) is 6.45. The molecule has 6 heteroatoms. The maximum Gasteiger partial charge on any atom is 0.307 e. The summed E-state index contributed by atoms with van der Waals surface area (Å²) >= 11 is 1.13. The maximum atomic E-state index is 11.8. The molecule has 0 unspecified atom stereocenters. The Morgan fingerprint density at radius 2 is 2.19 bits per heavy atom. The summed E-state index contributed by atoms with van der Waals surface area (Å²) in [6.07, 6.45) is 7.46. The van der Waals surface area contributed by atoms with Gasteiger partial charge in [0, 0.05) is 24.2 Å². The van der Waals surface area contributed by atoms with Gasteiger partial charge in [0.2, 0.25) is 5.91 Å². The van der Waals surface area contributed by atoms with Crippen molar-refractivity contribution in [1.29, 1.82) is 0 Å². The summed E-state index contributed by atoms with van der Waals surface area (Å²) in [6, 6.07) is 0. The Hall–Kier alpha value is -1.14. The van der Waals surface area contributed by atoms with Crippen LogP contribution in [0.1, 0.15) is 44.2 Å². The second-order valence-corrected chi connectivity index (χ2v) is 6.38. The van der Waals surface area contributed by atoms with Crippen molar-refractivity contribution in [3.05, 3.63) is 20.7 Å². The molecule has 0 spiro atoms. The summed E-state index contributed by atoms with van der Waals surface area (Å²) in [5.74, 6) is -0.115. The molecule has 1 amide bonds. The second kappa shape index (κ2) is 8.34. The van der Waals surface area contributed by atoms with Crippen molar-refractivity contribution in [2.45, 2.75) is 58.1 Å². The van der Waals surface area contributed by atoms with Crippen molar-refractivity contribution in [3.8, 4) is 0 Å². The predicted molar refractivity (Wildman–Crippen MR) is 83.8 cm³/mol. The van der Waals surface area contributed by atoms with Crippen LogP contribution in [0.3, 0.4) is 0 Å². The van der Waals surface area contributed by atoms with Gasteiger partial charge in [-0.05, 0) is 26.2 Å². The van der Waals surface area contributed by atoms with E-state index in [0.29, 0.717) is 19.3 Å². The first-order chi connectivity index (χ1) is 10.2. The van der Waals surface area contributed by atoms with Gasteiger partial charge in [-0.1, -0.05) is 30.6 Å². The third kappa shape index (κ3) is 5.28.